The summed E-state index contributed by atoms with van der Waals surface area (Å²) in [6.45, 7) is 0.517. The first-order valence-corrected chi connectivity index (χ1v) is 11.1. The summed E-state index contributed by atoms with van der Waals surface area (Å²) in [4.78, 5) is 36.8. The van der Waals surface area contributed by atoms with Gasteiger partial charge in [0, 0.05) is 17.4 Å². The van der Waals surface area contributed by atoms with Gasteiger partial charge >= 0.3 is 0 Å². The number of H-pyrrole nitrogens is 1. The van der Waals surface area contributed by atoms with Gasteiger partial charge in [-0.2, -0.15) is 5.10 Å². The normalized spacial score (nSPS) is 10.4. The van der Waals surface area contributed by atoms with Crippen LogP contribution in [0, 0.1) is 0 Å². The Morgan fingerprint density at radius 1 is 0.857 bits per heavy atom. The van der Waals surface area contributed by atoms with E-state index < -0.39 is 17.4 Å². The quantitative estimate of drug-likeness (QED) is 0.243. The Kier molecular flexibility index (Phi) is 7.44. The minimum Gasteiger partial charge on any atom is -0.493 e. The number of thiocarbonyl (C=S) groups is 1. The van der Waals surface area contributed by atoms with E-state index in [-0.39, 0.29) is 10.8 Å². The molecule has 3 aromatic carbocycles. The van der Waals surface area contributed by atoms with Crippen molar-refractivity contribution in [3.63, 3.8) is 0 Å². The molecule has 0 fully saturated rings. The van der Waals surface area contributed by atoms with E-state index in [0.717, 1.165) is 6.42 Å². The molecule has 1 heterocycles. The third kappa shape index (κ3) is 6.06. The maximum atomic E-state index is 12.5. The Morgan fingerprint density at radius 2 is 1.54 bits per heavy atom. The molecular formula is C25H21N5O4S. The van der Waals surface area contributed by atoms with Gasteiger partial charge in [-0.05, 0) is 48.1 Å². The number of nitrogens with one attached hydrogen (secondary N) is 4. The minimum absolute atomic E-state index is 0.00433. The van der Waals surface area contributed by atoms with Crippen molar-refractivity contribution < 1.29 is 14.3 Å². The molecule has 4 rings (SSSR count). The van der Waals surface area contributed by atoms with Gasteiger partial charge in [0.2, 0.25) is 0 Å². The molecule has 0 saturated carbocycles. The molecule has 0 bridgehead atoms. The number of carbonyl (C=O) groups excluding carboxylic acids is 2. The summed E-state index contributed by atoms with van der Waals surface area (Å²) < 4.78 is 5.73. The van der Waals surface area contributed by atoms with Crippen LogP contribution in [-0.2, 0) is 6.42 Å². The second kappa shape index (κ2) is 11.0. The number of hydrogen-bond acceptors (Lipinski definition) is 6. The molecule has 35 heavy (non-hydrogen) atoms. The molecule has 176 valence electrons. The second-order valence-electron chi connectivity index (χ2n) is 7.42. The predicted molar refractivity (Wildman–Crippen MR) is 135 cm³/mol. The second-order valence-corrected chi connectivity index (χ2v) is 7.83. The van der Waals surface area contributed by atoms with Crippen molar-refractivity contribution in [1.82, 2.24) is 26.4 Å². The molecule has 0 spiro atoms. The summed E-state index contributed by atoms with van der Waals surface area (Å²) in [5.41, 5.74) is 5.97. The zero-order valence-electron chi connectivity index (χ0n) is 18.4. The highest BCUT2D eigenvalue weighted by Crippen LogP contribution is 2.13. The number of nitrogens with zero attached hydrogens (tertiary/aromatic N) is 1. The van der Waals surface area contributed by atoms with Crippen molar-refractivity contribution in [1.29, 1.82) is 0 Å². The molecule has 0 unspecified atom stereocenters. The van der Waals surface area contributed by atoms with E-state index in [1.54, 1.807) is 48.5 Å². The highest BCUT2D eigenvalue weighted by molar-refractivity contribution is 7.80. The van der Waals surface area contributed by atoms with Crippen molar-refractivity contribution in [3.05, 3.63) is 106 Å². The summed E-state index contributed by atoms with van der Waals surface area (Å²) in [6, 6.07) is 23.2. The highest BCUT2D eigenvalue weighted by Gasteiger charge is 2.15. The standard InChI is InChI=1S/C25H21N5O4S/c31-22(17-10-12-18(13-11-17)34-15-14-16-6-2-1-3-7-16)26-25(35)30-29-24(33)21-19-8-4-5-9-20(19)23(32)28-27-21/h1-13H,14-15H2,(H,28,32)(H,29,33)(H2,26,30,31,35). The van der Waals surface area contributed by atoms with Crippen molar-refractivity contribution >= 4 is 39.9 Å². The Labute approximate surface area is 205 Å². The Balaban J connectivity index is 1.27. The molecule has 0 aliphatic carbocycles. The zero-order chi connectivity index (χ0) is 24.6. The molecule has 0 saturated heterocycles. The number of carbonyl (C=O) groups is 2. The summed E-state index contributed by atoms with van der Waals surface area (Å²) in [6.07, 6.45) is 0.777. The van der Waals surface area contributed by atoms with E-state index in [2.05, 4.69) is 26.4 Å². The van der Waals surface area contributed by atoms with Crippen LogP contribution in [0.4, 0.5) is 0 Å². The number of rotatable bonds is 6. The van der Waals surface area contributed by atoms with Gasteiger partial charge < -0.3 is 4.74 Å². The number of aromatic nitrogens is 2. The van der Waals surface area contributed by atoms with Gasteiger partial charge in [0.05, 0.1) is 12.0 Å². The van der Waals surface area contributed by atoms with E-state index in [1.807, 2.05) is 30.3 Å². The minimum atomic E-state index is -0.633. The molecule has 0 aliphatic rings. The third-order valence-electron chi connectivity index (χ3n) is 5.05. The van der Waals surface area contributed by atoms with Crippen LogP contribution in [0.2, 0.25) is 0 Å². The van der Waals surface area contributed by atoms with Crippen LogP contribution in [0.15, 0.2) is 83.7 Å². The molecule has 4 aromatic rings. The third-order valence-corrected chi connectivity index (χ3v) is 5.25. The summed E-state index contributed by atoms with van der Waals surface area (Å²) in [7, 11) is 0. The molecule has 9 nitrogen and oxygen atoms in total. The van der Waals surface area contributed by atoms with Crippen molar-refractivity contribution in [2.75, 3.05) is 6.61 Å². The van der Waals surface area contributed by atoms with E-state index >= 15 is 0 Å². The first kappa shape index (κ1) is 23.6. The van der Waals surface area contributed by atoms with Gasteiger partial charge in [-0.3, -0.25) is 30.6 Å². The molecule has 10 heteroatoms. The fourth-order valence-corrected chi connectivity index (χ4v) is 3.44. The first-order chi connectivity index (χ1) is 17.0. The highest BCUT2D eigenvalue weighted by atomic mass is 32.1. The van der Waals surface area contributed by atoms with Gasteiger partial charge in [0.15, 0.2) is 10.8 Å². The number of aromatic amines is 1. The van der Waals surface area contributed by atoms with Crippen LogP contribution < -0.4 is 26.5 Å². The predicted octanol–water partition coefficient (Wildman–Crippen LogP) is 2.49. The van der Waals surface area contributed by atoms with Gasteiger partial charge in [0.25, 0.3) is 17.4 Å². The van der Waals surface area contributed by atoms with Crippen LogP contribution in [-0.4, -0.2) is 33.7 Å². The summed E-state index contributed by atoms with van der Waals surface area (Å²) in [5, 5.41) is 9.18. The fourth-order valence-electron chi connectivity index (χ4n) is 3.30. The largest absolute Gasteiger partial charge is 0.493 e. The molecule has 2 amide bonds. The number of hydrogen-bond donors (Lipinski definition) is 4. The molecular weight excluding hydrogens is 466 g/mol. The smallest absolute Gasteiger partial charge is 0.290 e. The Hall–Kier alpha value is -4.57. The van der Waals surface area contributed by atoms with Gasteiger partial charge in [0.1, 0.15) is 5.75 Å². The van der Waals surface area contributed by atoms with Crippen LogP contribution in [0.25, 0.3) is 10.8 Å². The number of amides is 2. The SMILES string of the molecule is O=C(NC(=S)NNC(=O)c1n[nH]c(=O)c2ccccc12)c1ccc(OCCc2ccccc2)cc1. The fraction of sp³-hybridized carbons (Fsp3) is 0.0800. The number of hydrazine groups is 1. The maximum Gasteiger partial charge on any atom is 0.290 e. The average Bonchev–Trinajstić information content (AvgIpc) is 2.89. The molecule has 0 radical (unpaired) electrons. The first-order valence-electron chi connectivity index (χ1n) is 10.7. The Morgan fingerprint density at radius 3 is 2.29 bits per heavy atom. The Bertz CT molecular complexity index is 1420. The van der Waals surface area contributed by atoms with Crippen molar-refractivity contribution in [2.24, 2.45) is 0 Å². The van der Waals surface area contributed by atoms with Crippen LogP contribution in [0.3, 0.4) is 0 Å². The lowest BCUT2D eigenvalue weighted by Gasteiger charge is -2.11. The van der Waals surface area contributed by atoms with Crippen molar-refractivity contribution in [2.45, 2.75) is 6.42 Å². The maximum absolute atomic E-state index is 12.5. The van der Waals surface area contributed by atoms with Crippen LogP contribution in [0.5, 0.6) is 5.75 Å². The number of benzene rings is 3. The monoisotopic (exact) mass is 487 g/mol. The number of fused-ring (bicyclic) bond motifs is 1. The summed E-state index contributed by atoms with van der Waals surface area (Å²) >= 11 is 5.08. The topological polar surface area (TPSA) is 125 Å². The summed E-state index contributed by atoms with van der Waals surface area (Å²) in [5.74, 6) is -0.447. The van der Waals surface area contributed by atoms with E-state index in [0.29, 0.717) is 28.7 Å². The van der Waals surface area contributed by atoms with E-state index in [4.69, 9.17) is 17.0 Å². The van der Waals surface area contributed by atoms with Crippen molar-refractivity contribution in [3.8, 4) is 5.75 Å². The van der Waals surface area contributed by atoms with E-state index in [1.165, 1.54) is 5.56 Å². The van der Waals surface area contributed by atoms with E-state index in [9.17, 15) is 14.4 Å². The van der Waals surface area contributed by atoms with Gasteiger partial charge in [-0.25, -0.2) is 5.10 Å². The average molecular weight is 488 g/mol. The van der Waals surface area contributed by atoms with Crippen LogP contribution in [0.1, 0.15) is 26.4 Å². The van der Waals surface area contributed by atoms with Gasteiger partial charge in [-0.15, -0.1) is 0 Å². The molecule has 0 atom stereocenters. The molecule has 1 aromatic heterocycles. The van der Waals surface area contributed by atoms with Crippen LogP contribution >= 0.6 is 12.2 Å². The molecule has 4 N–H and O–H groups in total. The molecule has 0 aliphatic heterocycles. The van der Waals surface area contributed by atoms with Gasteiger partial charge in [-0.1, -0.05) is 48.5 Å². The number of ether oxygens (including phenoxy) is 1. The lowest BCUT2D eigenvalue weighted by Crippen LogP contribution is -2.48. The lowest BCUT2D eigenvalue weighted by atomic mass is 10.1. The zero-order valence-corrected chi connectivity index (χ0v) is 19.2. The lowest BCUT2D eigenvalue weighted by molar-refractivity contribution is 0.0931.